The van der Waals surface area contributed by atoms with E-state index in [1.807, 2.05) is 0 Å². The Balaban J connectivity index is 1.98. The van der Waals surface area contributed by atoms with Crippen LogP contribution in [0.3, 0.4) is 0 Å². The maximum absolute atomic E-state index is 2.33. The fourth-order valence-corrected chi connectivity index (χ4v) is 2.88. The Morgan fingerprint density at radius 1 is 0.667 bits per heavy atom. The summed E-state index contributed by atoms with van der Waals surface area (Å²) >= 11 is 0. The molecule has 0 atom stereocenters. The van der Waals surface area contributed by atoms with Gasteiger partial charge in [0, 0.05) is 38.6 Å². The first-order valence-corrected chi connectivity index (χ1v) is 7.50. The van der Waals surface area contributed by atoms with Gasteiger partial charge in [0.2, 0.25) is 0 Å². The van der Waals surface area contributed by atoms with E-state index in [0.29, 0.717) is 0 Å². The highest BCUT2D eigenvalue weighted by molar-refractivity contribution is 5.47. The van der Waals surface area contributed by atoms with Crippen LogP contribution in [0, 0.1) is 5.41 Å². The third-order valence-corrected chi connectivity index (χ3v) is 3.72. The van der Waals surface area contributed by atoms with Gasteiger partial charge in [0.1, 0.15) is 0 Å². The predicted molar refractivity (Wildman–Crippen MR) is 93.2 cm³/mol. The van der Waals surface area contributed by atoms with Gasteiger partial charge in [0.15, 0.2) is 0 Å². The van der Waals surface area contributed by atoms with E-state index >= 15 is 0 Å². The number of hydrogen-bond donors (Lipinski definition) is 0. The van der Waals surface area contributed by atoms with Crippen molar-refractivity contribution >= 4 is 11.4 Å². The lowest BCUT2D eigenvalue weighted by Crippen LogP contribution is -2.40. The highest BCUT2D eigenvalue weighted by Gasteiger charge is 2.22. The van der Waals surface area contributed by atoms with Crippen LogP contribution in [-0.2, 0) is 0 Å². The Bertz CT molecular complexity index is 485. The summed E-state index contributed by atoms with van der Waals surface area (Å²) in [7, 11) is 4.33. The minimum Gasteiger partial charge on any atom is -0.374 e. The first kappa shape index (κ1) is 15.4. The summed E-state index contributed by atoms with van der Waals surface area (Å²) in [6.45, 7) is 6.69. The van der Waals surface area contributed by atoms with E-state index in [-0.39, 0.29) is 5.41 Å². The van der Waals surface area contributed by atoms with Crippen LogP contribution in [0.1, 0.15) is 13.8 Å². The van der Waals surface area contributed by atoms with Gasteiger partial charge in [-0.05, 0) is 29.7 Å². The van der Waals surface area contributed by atoms with Crippen LogP contribution in [0.4, 0.5) is 11.4 Å². The highest BCUT2D eigenvalue weighted by Crippen LogP contribution is 2.24. The van der Waals surface area contributed by atoms with E-state index in [2.05, 4.69) is 98.4 Å². The molecule has 0 amide bonds. The summed E-state index contributed by atoms with van der Waals surface area (Å²) in [6.07, 6.45) is 0. The molecule has 0 spiro atoms. The van der Waals surface area contributed by atoms with Gasteiger partial charge in [-0.2, -0.15) is 0 Å². The van der Waals surface area contributed by atoms with Gasteiger partial charge in [-0.25, -0.2) is 0 Å². The van der Waals surface area contributed by atoms with E-state index in [4.69, 9.17) is 0 Å². The number of para-hydroxylation sites is 2. The van der Waals surface area contributed by atoms with Gasteiger partial charge in [0.25, 0.3) is 0 Å². The molecule has 2 heteroatoms. The predicted octanol–water partition coefficient (Wildman–Crippen LogP) is 4.29. The van der Waals surface area contributed by atoms with Crippen molar-refractivity contribution < 1.29 is 0 Å². The van der Waals surface area contributed by atoms with E-state index in [1.54, 1.807) is 0 Å². The minimum absolute atomic E-state index is 0.204. The molecule has 2 nitrogen and oxygen atoms in total. The van der Waals surface area contributed by atoms with Gasteiger partial charge in [-0.15, -0.1) is 0 Å². The van der Waals surface area contributed by atoms with Gasteiger partial charge in [0.05, 0.1) is 0 Å². The molecule has 0 N–H and O–H groups in total. The maximum atomic E-state index is 2.33. The molecule has 2 aromatic carbocycles. The van der Waals surface area contributed by atoms with Crippen molar-refractivity contribution in [1.82, 2.24) is 0 Å². The number of benzene rings is 2. The molecule has 21 heavy (non-hydrogen) atoms. The van der Waals surface area contributed by atoms with Crippen molar-refractivity contribution in [3.05, 3.63) is 60.7 Å². The van der Waals surface area contributed by atoms with Crippen molar-refractivity contribution in [2.45, 2.75) is 13.8 Å². The Kier molecular flexibility index (Phi) is 4.89. The largest absolute Gasteiger partial charge is 0.374 e. The second-order valence-corrected chi connectivity index (χ2v) is 6.55. The normalized spacial score (nSPS) is 11.2. The monoisotopic (exact) mass is 282 g/mol. The molecule has 0 aliphatic rings. The number of nitrogens with zero attached hydrogens (tertiary/aromatic N) is 2. The van der Waals surface area contributed by atoms with Crippen LogP contribution < -0.4 is 9.80 Å². The minimum atomic E-state index is 0.204. The molecule has 0 aliphatic heterocycles. The zero-order valence-corrected chi connectivity index (χ0v) is 13.6. The van der Waals surface area contributed by atoms with Crippen LogP contribution >= 0.6 is 0 Å². The quantitative estimate of drug-likeness (QED) is 0.780. The van der Waals surface area contributed by atoms with E-state index in [9.17, 15) is 0 Å². The van der Waals surface area contributed by atoms with Crippen molar-refractivity contribution in [3.8, 4) is 0 Å². The van der Waals surface area contributed by atoms with Gasteiger partial charge in [-0.1, -0.05) is 50.2 Å². The van der Waals surface area contributed by atoms with E-state index < -0.39 is 0 Å². The summed E-state index contributed by atoms with van der Waals surface area (Å²) in [5.41, 5.74) is 2.75. The molecule has 2 rings (SSSR count). The van der Waals surface area contributed by atoms with E-state index in [0.717, 1.165) is 13.1 Å². The van der Waals surface area contributed by atoms with Crippen molar-refractivity contribution in [2.75, 3.05) is 37.0 Å². The summed E-state index contributed by atoms with van der Waals surface area (Å²) < 4.78 is 0. The molecule has 0 radical (unpaired) electrons. The Morgan fingerprint density at radius 2 is 1.00 bits per heavy atom. The first-order chi connectivity index (χ1) is 9.98. The molecule has 2 aromatic rings. The van der Waals surface area contributed by atoms with Gasteiger partial charge < -0.3 is 9.80 Å². The average Bonchev–Trinajstić information content (AvgIpc) is 2.48. The Labute approximate surface area is 129 Å². The number of anilines is 2. The van der Waals surface area contributed by atoms with Gasteiger partial charge >= 0.3 is 0 Å². The van der Waals surface area contributed by atoms with Crippen LogP contribution in [0.5, 0.6) is 0 Å². The first-order valence-electron chi connectivity index (χ1n) is 7.50. The number of rotatable bonds is 6. The van der Waals surface area contributed by atoms with Gasteiger partial charge in [-0.3, -0.25) is 0 Å². The van der Waals surface area contributed by atoms with E-state index in [1.165, 1.54) is 11.4 Å². The lowest BCUT2D eigenvalue weighted by molar-refractivity contribution is 0.378. The summed E-state index contributed by atoms with van der Waals surface area (Å²) in [5.74, 6) is 0. The molecule has 0 heterocycles. The Morgan fingerprint density at radius 3 is 1.33 bits per heavy atom. The van der Waals surface area contributed by atoms with Crippen molar-refractivity contribution in [2.24, 2.45) is 5.41 Å². The van der Waals surface area contributed by atoms with Crippen LogP contribution in [-0.4, -0.2) is 27.2 Å². The lowest BCUT2D eigenvalue weighted by Gasteiger charge is -2.35. The molecule has 0 bridgehead atoms. The zero-order chi connectivity index (χ0) is 15.3. The number of hydrogen-bond acceptors (Lipinski definition) is 2. The molecule has 0 fully saturated rings. The summed E-state index contributed by atoms with van der Waals surface area (Å²) in [6, 6.07) is 21.1. The molecule has 0 aliphatic carbocycles. The maximum Gasteiger partial charge on any atom is 0.0363 e. The fraction of sp³-hybridized carbons (Fsp3) is 0.368. The van der Waals surface area contributed by atoms with Crippen molar-refractivity contribution in [1.29, 1.82) is 0 Å². The highest BCUT2D eigenvalue weighted by atomic mass is 15.1. The second-order valence-electron chi connectivity index (χ2n) is 6.55. The SMILES string of the molecule is CN(CC(C)(C)CN(C)c1ccccc1)c1ccccc1. The second kappa shape index (κ2) is 6.66. The zero-order valence-electron chi connectivity index (χ0n) is 13.6. The molecule has 0 aromatic heterocycles. The van der Waals surface area contributed by atoms with Crippen LogP contribution in [0.2, 0.25) is 0 Å². The lowest BCUT2D eigenvalue weighted by atomic mass is 9.91. The standard InChI is InChI=1S/C19H26N2/c1-19(2,15-20(3)17-11-7-5-8-12-17)16-21(4)18-13-9-6-10-14-18/h5-14H,15-16H2,1-4H3. The molecular formula is C19H26N2. The summed E-state index contributed by atoms with van der Waals surface area (Å²) in [5, 5.41) is 0. The van der Waals surface area contributed by atoms with Crippen molar-refractivity contribution in [3.63, 3.8) is 0 Å². The molecule has 0 saturated heterocycles. The molecule has 112 valence electrons. The topological polar surface area (TPSA) is 6.48 Å². The van der Waals surface area contributed by atoms with Crippen LogP contribution in [0.15, 0.2) is 60.7 Å². The third kappa shape index (κ3) is 4.52. The molecular weight excluding hydrogens is 256 g/mol. The summed E-state index contributed by atoms with van der Waals surface area (Å²) in [4.78, 5) is 4.66. The smallest absolute Gasteiger partial charge is 0.0363 e. The Hall–Kier alpha value is -1.96. The average molecular weight is 282 g/mol. The van der Waals surface area contributed by atoms with Crippen LogP contribution in [0.25, 0.3) is 0 Å². The molecule has 0 unspecified atom stereocenters. The third-order valence-electron chi connectivity index (χ3n) is 3.72. The fourth-order valence-electron chi connectivity index (χ4n) is 2.88. The molecule has 0 saturated carbocycles.